The summed E-state index contributed by atoms with van der Waals surface area (Å²) >= 11 is 0. The molecule has 3 rings (SSSR count). The van der Waals surface area contributed by atoms with E-state index >= 15 is 0 Å². The van der Waals surface area contributed by atoms with Crippen LogP contribution in [0.5, 0.6) is 0 Å². The molecule has 3 aliphatic carbocycles. The number of hydrogen-bond donors (Lipinski definition) is 1. The van der Waals surface area contributed by atoms with Crippen molar-refractivity contribution < 1.29 is 0 Å². The van der Waals surface area contributed by atoms with Gasteiger partial charge in [-0.15, -0.1) is 0 Å². The lowest BCUT2D eigenvalue weighted by Gasteiger charge is -2.53. The zero-order chi connectivity index (χ0) is 36.4. The lowest BCUT2D eigenvalue weighted by atomic mass is 9.51. The Morgan fingerprint density at radius 2 is 1.24 bits per heavy atom. The average Bonchev–Trinajstić information content (AvgIpc) is 3.40. The van der Waals surface area contributed by atoms with Crippen LogP contribution < -0.4 is 0 Å². The second-order valence-electron chi connectivity index (χ2n) is 14.1. The summed E-state index contributed by atoms with van der Waals surface area (Å²) in [5, 5.41) is 7.99. The standard InChI is InChI=1S/C31H55N.C3H8.5C2H6.CH4/c1-9-24(21(3)4)15-22(5)16-27-11-12-28-18-29(13-14-30(27,28)7)31(8)19-25(20-32)23(6)17-26(31)10-2;1-3-2;5*1-2;/h20-22,24,26-29,32H,9-19H2,1-8H3;3H2,1-2H3;5*1-2H3;1H4. The maximum atomic E-state index is 7.99. The van der Waals surface area contributed by atoms with E-state index in [1.165, 1.54) is 81.8 Å². The summed E-state index contributed by atoms with van der Waals surface area (Å²) < 4.78 is 0. The maximum Gasteiger partial charge on any atom is 0.0209 e. The highest BCUT2D eigenvalue weighted by molar-refractivity contribution is 5.77. The zero-order valence-electron chi connectivity index (χ0n) is 35.6. The van der Waals surface area contributed by atoms with Crippen molar-refractivity contribution in [1.29, 1.82) is 5.41 Å². The van der Waals surface area contributed by atoms with E-state index in [0.29, 0.717) is 10.8 Å². The Hall–Kier alpha value is -0.590. The van der Waals surface area contributed by atoms with Crippen LogP contribution in [0.3, 0.4) is 0 Å². The Morgan fingerprint density at radius 3 is 1.65 bits per heavy atom. The minimum Gasteiger partial charge on any atom is -0.308 e. The van der Waals surface area contributed by atoms with Gasteiger partial charge in [0.25, 0.3) is 0 Å². The first kappa shape index (κ1) is 54.8. The number of fused-ring (bicyclic) bond motifs is 1. The highest BCUT2D eigenvalue weighted by atomic mass is 14.6. The van der Waals surface area contributed by atoms with Crippen molar-refractivity contribution in [2.24, 2.45) is 52.3 Å². The molecule has 282 valence electrons. The first-order chi connectivity index (χ1) is 21.5. The highest BCUT2D eigenvalue weighted by Gasteiger charge is 2.53. The third-order valence-corrected chi connectivity index (χ3v) is 11.4. The van der Waals surface area contributed by atoms with Crippen LogP contribution in [-0.2, 0) is 0 Å². The van der Waals surface area contributed by atoms with E-state index in [4.69, 9.17) is 5.41 Å². The highest BCUT2D eigenvalue weighted by Crippen LogP contribution is 2.63. The van der Waals surface area contributed by atoms with Gasteiger partial charge in [-0.3, -0.25) is 0 Å². The molecule has 1 heteroatoms. The zero-order valence-corrected chi connectivity index (χ0v) is 35.6. The van der Waals surface area contributed by atoms with Gasteiger partial charge in [0.2, 0.25) is 0 Å². The molecule has 46 heavy (non-hydrogen) atoms. The molecule has 0 aromatic carbocycles. The van der Waals surface area contributed by atoms with Crippen molar-refractivity contribution in [2.75, 3.05) is 0 Å². The monoisotopic (exact) mass is 652 g/mol. The van der Waals surface area contributed by atoms with Gasteiger partial charge < -0.3 is 5.41 Å². The lowest BCUT2D eigenvalue weighted by Crippen LogP contribution is -2.45. The normalized spacial score (nSPS) is 28.7. The van der Waals surface area contributed by atoms with Gasteiger partial charge in [0, 0.05) is 6.21 Å². The topological polar surface area (TPSA) is 23.9 Å². The van der Waals surface area contributed by atoms with E-state index in [-0.39, 0.29) is 7.43 Å². The molecule has 2 saturated carbocycles. The number of hydrogen-bond acceptors (Lipinski definition) is 1. The van der Waals surface area contributed by atoms with Gasteiger partial charge >= 0.3 is 0 Å². The molecule has 1 nitrogen and oxygen atoms in total. The van der Waals surface area contributed by atoms with Gasteiger partial charge in [-0.25, -0.2) is 0 Å². The summed E-state index contributed by atoms with van der Waals surface area (Å²) in [6.07, 6.45) is 18.2. The van der Waals surface area contributed by atoms with Gasteiger partial charge in [-0.1, -0.05) is 164 Å². The van der Waals surface area contributed by atoms with Crippen molar-refractivity contribution in [1.82, 2.24) is 0 Å². The first-order valence-electron chi connectivity index (χ1n) is 20.7. The van der Waals surface area contributed by atoms with Crippen LogP contribution in [0, 0.1) is 57.7 Å². The summed E-state index contributed by atoms with van der Waals surface area (Å²) in [4.78, 5) is 0. The van der Waals surface area contributed by atoms with Crippen LogP contribution in [0.1, 0.15) is 223 Å². The van der Waals surface area contributed by atoms with E-state index in [2.05, 4.69) is 69.2 Å². The summed E-state index contributed by atoms with van der Waals surface area (Å²) in [6.45, 7) is 44.0. The molecule has 8 atom stereocenters. The predicted octanol–water partition coefficient (Wildman–Crippen LogP) is 16.9. The van der Waals surface area contributed by atoms with Gasteiger partial charge in [-0.05, 0) is 123 Å². The third-order valence-electron chi connectivity index (χ3n) is 11.4. The van der Waals surface area contributed by atoms with Crippen LogP contribution in [0.25, 0.3) is 0 Å². The van der Waals surface area contributed by atoms with Gasteiger partial charge in [-0.2, -0.15) is 0 Å². The van der Waals surface area contributed by atoms with E-state index in [0.717, 1.165) is 47.8 Å². The van der Waals surface area contributed by atoms with E-state index in [1.807, 2.05) is 69.2 Å². The Labute approximate surface area is 297 Å². The molecule has 0 bridgehead atoms. The SMILES string of the molecule is C.CC.CC.CC.CC.CC.CCC.CCC(CC(C)CC1CCC2CC(C3(C)CC(C=N)=C(C)CC3CC)CCC12C)C(C)C. The first-order valence-corrected chi connectivity index (χ1v) is 20.7. The molecule has 2 fully saturated rings. The van der Waals surface area contributed by atoms with Crippen molar-refractivity contribution in [3.05, 3.63) is 11.1 Å². The fourth-order valence-electron chi connectivity index (χ4n) is 8.83. The van der Waals surface area contributed by atoms with E-state index in [1.54, 1.807) is 6.21 Å². The molecule has 8 unspecified atom stereocenters. The van der Waals surface area contributed by atoms with Crippen LogP contribution in [0.4, 0.5) is 0 Å². The van der Waals surface area contributed by atoms with Gasteiger partial charge in [0.1, 0.15) is 0 Å². The molecule has 0 aromatic heterocycles. The van der Waals surface area contributed by atoms with Crippen LogP contribution >= 0.6 is 0 Å². The molecular weight excluding hydrogens is 555 g/mol. The average molecular weight is 652 g/mol. The molecule has 0 heterocycles. The molecule has 3 aliphatic rings. The van der Waals surface area contributed by atoms with Crippen LogP contribution in [0.15, 0.2) is 11.1 Å². The number of rotatable bonds is 9. The molecular formula is C45H97N. The molecule has 0 radical (unpaired) electrons. The molecule has 0 aromatic rings. The molecule has 1 N–H and O–H groups in total. The quantitative estimate of drug-likeness (QED) is 0.240. The smallest absolute Gasteiger partial charge is 0.0209 e. The van der Waals surface area contributed by atoms with E-state index in [9.17, 15) is 0 Å². The Kier molecular flexibility index (Phi) is 37.8. The van der Waals surface area contributed by atoms with E-state index < -0.39 is 0 Å². The Bertz CT molecular complexity index is 689. The van der Waals surface area contributed by atoms with Crippen molar-refractivity contribution in [2.45, 2.75) is 223 Å². The van der Waals surface area contributed by atoms with Crippen molar-refractivity contribution in [3.8, 4) is 0 Å². The molecule has 0 spiro atoms. The minimum absolute atomic E-state index is 0. The Morgan fingerprint density at radius 1 is 0.761 bits per heavy atom. The fraction of sp³-hybridized carbons (Fsp3) is 0.933. The summed E-state index contributed by atoms with van der Waals surface area (Å²) in [5.74, 6) is 6.17. The molecule has 0 saturated heterocycles. The van der Waals surface area contributed by atoms with Gasteiger partial charge in [0.15, 0.2) is 0 Å². The lowest BCUT2D eigenvalue weighted by molar-refractivity contribution is -0.0182. The largest absolute Gasteiger partial charge is 0.308 e. The molecule has 0 aliphatic heterocycles. The second-order valence-corrected chi connectivity index (χ2v) is 14.1. The number of nitrogens with one attached hydrogen (secondary N) is 1. The fourth-order valence-corrected chi connectivity index (χ4v) is 8.83. The van der Waals surface area contributed by atoms with Crippen LogP contribution in [-0.4, -0.2) is 6.21 Å². The summed E-state index contributed by atoms with van der Waals surface area (Å²) in [5.41, 5.74) is 3.83. The second kappa shape index (κ2) is 31.7. The summed E-state index contributed by atoms with van der Waals surface area (Å²) in [7, 11) is 0. The van der Waals surface area contributed by atoms with Crippen molar-refractivity contribution >= 4 is 6.21 Å². The number of allylic oxidation sites excluding steroid dienone is 2. The van der Waals surface area contributed by atoms with Gasteiger partial charge in [0.05, 0.1) is 0 Å². The van der Waals surface area contributed by atoms with Crippen molar-refractivity contribution in [3.63, 3.8) is 0 Å². The maximum absolute atomic E-state index is 7.99. The van der Waals surface area contributed by atoms with Crippen LogP contribution in [0.2, 0.25) is 0 Å². The summed E-state index contributed by atoms with van der Waals surface area (Å²) in [6, 6.07) is 0. The Balaban J connectivity index is -0.000000354. The predicted molar refractivity (Wildman–Crippen MR) is 221 cm³/mol. The minimum atomic E-state index is 0. The third kappa shape index (κ3) is 16.2. The molecule has 0 amide bonds.